The summed E-state index contributed by atoms with van der Waals surface area (Å²) >= 11 is 3.43. The van der Waals surface area contributed by atoms with Crippen LogP contribution in [0.4, 0.5) is 11.9 Å². The predicted octanol–water partition coefficient (Wildman–Crippen LogP) is 1.41. The maximum Gasteiger partial charge on any atom is 0.258 e. The van der Waals surface area contributed by atoms with Crippen molar-refractivity contribution in [1.29, 1.82) is 0 Å². The van der Waals surface area contributed by atoms with Crippen LogP contribution in [-0.2, 0) is 6.54 Å². The van der Waals surface area contributed by atoms with Crippen molar-refractivity contribution in [1.82, 2.24) is 29.7 Å². The molecular weight excluding hydrogens is 336 g/mol. The average molecular weight is 347 g/mol. The number of nitrogens with two attached hydrogens (primary N) is 1. The molecule has 0 amide bonds. The second kappa shape index (κ2) is 5.83. The van der Waals surface area contributed by atoms with Gasteiger partial charge in [0.2, 0.25) is 11.9 Å². The van der Waals surface area contributed by atoms with E-state index in [0.717, 1.165) is 10.0 Å². The number of rotatable bonds is 4. The maximum atomic E-state index is 5.69. The number of hydrogen-bond acceptors (Lipinski definition) is 7. The fraction of sp³-hybridized carbons (Fsp3) is 0.0833. The lowest BCUT2D eigenvalue weighted by Crippen LogP contribution is -2.11. The molecule has 0 aliphatic rings. The lowest BCUT2D eigenvalue weighted by Gasteiger charge is -2.07. The number of hydrogen-bond donors (Lipinski definition) is 2. The van der Waals surface area contributed by atoms with Gasteiger partial charge in [0.25, 0.3) is 5.95 Å². The Balaban J connectivity index is 1.79. The Morgan fingerprint density at radius 1 is 1.24 bits per heavy atom. The molecule has 1 aromatic carbocycles. The Labute approximate surface area is 128 Å². The number of nitrogen functional groups attached to an aromatic ring is 1. The van der Waals surface area contributed by atoms with Crippen LogP contribution in [0.15, 0.2) is 41.4 Å². The molecule has 0 bridgehead atoms. The van der Waals surface area contributed by atoms with Crippen molar-refractivity contribution < 1.29 is 0 Å². The van der Waals surface area contributed by atoms with E-state index in [2.05, 4.69) is 46.3 Å². The van der Waals surface area contributed by atoms with Crippen LogP contribution in [0.2, 0.25) is 0 Å². The molecule has 0 saturated heterocycles. The second-order valence-corrected chi connectivity index (χ2v) is 5.06. The zero-order valence-electron chi connectivity index (χ0n) is 10.8. The lowest BCUT2D eigenvalue weighted by molar-refractivity contribution is 0.797. The first kappa shape index (κ1) is 13.4. The van der Waals surface area contributed by atoms with E-state index in [1.165, 1.54) is 17.3 Å². The molecule has 0 unspecified atom stereocenters. The summed E-state index contributed by atoms with van der Waals surface area (Å²) in [6, 6.07) is 7.94. The quantitative estimate of drug-likeness (QED) is 0.735. The molecule has 21 heavy (non-hydrogen) atoms. The molecule has 0 aliphatic carbocycles. The van der Waals surface area contributed by atoms with Crippen molar-refractivity contribution >= 4 is 27.8 Å². The molecule has 0 aliphatic heterocycles. The molecule has 106 valence electrons. The van der Waals surface area contributed by atoms with Gasteiger partial charge in [-0.3, -0.25) is 0 Å². The topological polar surface area (TPSA) is 107 Å². The molecule has 2 heterocycles. The SMILES string of the molecule is Nc1nc(NCc2cccc(Br)c2)nc(-n2cncn2)n1. The van der Waals surface area contributed by atoms with E-state index in [1.54, 1.807) is 0 Å². The summed E-state index contributed by atoms with van der Waals surface area (Å²) in [6.07, 6.45) is 2.89. The zero-order valence-corrected chi connectivity index (χ0v) is 12.4. The Hall–Kier alpha value is -2.55. The van der Waals surface area contributed by atoms with E-state index in [0.29, 0.717) is 18.4 Å². The lowest BCUT2D eigenvalue weighted by atomic mass is 10.2. The van der Waals surface area contributed by atoms with Crippen LogP contribution in [0.5, 0.6) is 0 Å². The van der Waals surface area contributed by atoms with E-state index in [9.17, 15) is 0 Å². The first-order valence-corrected chi connectivity index (χ1v) is 6.85. The minimum atomic E-state index is 0.118. The number of benzene rings is 1. The number of anilines is 2. The van der Waals surface area contributed by atoms with Crippen molar-refractivity contribution in [2.75, 3.05) is 11.1 Å². The summed E-state index contributed by atoms with van der Waals surface area (Å²) < 4.78 is 2.43. The van der Waals surface area contributed by atoms with E-state index >= 15 is 0 Å². The summed E-state index contributed by atoms with van der Waals surface area (Å²) in [6.45, 7) is 0.569. The monoisotopic (exact) mass is 346 g/mol. The van der Waals surface area contributed by atoms with Crippen LogP contribution in [0.25, 0.3) is 5.95 Å². The first-order valence-electron chi connectivity index (χ1n) is 6.05. The van der Waals surface area contributed by atoms with Crippen molar-refractivity contribution in [3.8, 4) is 5.95 Å². The van der Waals surface area contributed by atoms with E-state index in [1.807, 2.05) is 24.3 Å². The molecule has 0 radical (unpaired) electrons. The first-order chi connectivity index (χ1) is 10.2. The highest BCUT2D eigenvalue weighted by Crippen LogP contribution is 2.13. The van der Waals surface area contributed by atoms with Crippen LogP contribution < -0.4 is 11.1 Å². The van der Waals surface area contributed by atoms with Gasteiger partial charge in [0.05, 0.1) is 0 Å². The van der Waals surface area contributed by atoms with Gasteiger partial charge in [-0.25, -0.2) is 4.98 Å². The van der Waals surface area contributed by atoms with Gasteiger partial charge >= 0.3 is 0 Å². The number of halogens is 1. The molecule has 3 rings (SSSR count). The van der Waals surface area contributed by atoms with Gasteiger partial charge in [0.1, 0.15) is 12.7 Å². The maximum absolute atomic E-state index is 5.69. The number of aromatic nitrogens is 6. The van der Waals surface area contributed by atoms with Crippen LogP contribution in [0.1, 0.15) is 5.56 Å². The van der Waals surface area contributed by atoms with Crippen LogP contribution in [0.3, 0.4) is 0 Å². The molecule has 3 aromatic rings. The minimum absolute atomic E-state index is 0.118. The van der Waals surface area contributed by atoms with Crippen molar-refractivity contribution in [2.24, 2.45) is 0 Å². The van der Waals surface area contributed by atoms with Crippen LogP contribution >= 0.6 is 15.9 Å². The van der Waals surface area contributed by atoms with Gasteiger partial charge in [0.15, 0.2) is 0 Å². The highest BCUT2D eigenvalue weighted by Gasteiger charge is 2.06. The molecule has 0 atom stereocenters. The van der Waals surface area contributed by atoms with Gasteiger partial charge in [-0.05, 0) is 17.7 Å². The third-order valence-electron chi connectivity index (χ3n) is 2.60. The molecule has 8 nitrogen and oxygen atoms in total. The van der Waals surface area contributed by atoms with Crippen LogP contribution in [0, 0.1) is 0 Å². The van der Waals surface area contributed by atoms with Crippen LogP contribution in [-0.4, -0.2) is 29.7 Å². The second-order valence-electron chi connectivity index (χ2n) is 4.14. The van der Waals surface area contributed by atoms with E-state index in [-0.39, 0.29) is 5.95 Å². The normalized spacial score (nSPS) is 10.5. The molecule has 0 spiro atoms. The Kier molecular flexibility index (Phi) is 3.73. The Bertz CT molecular complexity index is 743. The predicted molar refractivity (Wildman–Crippen MR) is 80.6 cm³/mol. The number of nitrogens with one attached hydrogen (secondary N) is 1. The summed E-state index contributed by atoms with van der Waals surface area (Å²) in [5.74, 6) is 0.817. The van der Waals surface area contributed by atoms with Crippen molar-refractivity contribution in [3.63, 3.8) is 0 Å². The largest absolute Gasteiger partial charge is 0.368 e. The molecule has 3 N–H and O–H groups in total. The summed E-state index contributed by atoms with van der Waals surface area (Å²) in [5, 5.41) is 7.07. The highest BCUT2D eigenvalue weighted by molar-refractivity contribution is 9.10. The minimum Gasteiger partial charge on any atom is -0.368 e. The highest BCUT2D eigenvalue weighted by atomic mass is 79.9. The number of nitrogens with zero attached hydrogens (tertiary/aromatic N) is 6. The van der Waals surface area contributed by atoms with Gasteiger partial charge in [-0.2, -0.15) is 24.7 Å². The van der Waals surface area contributed by atoms with Gasteiger partial charge in [-0.1, -0.05) is 28.1 Å². The van der Waals surface area contributed by atoms with E-state index < -0.39 is 0 Å². The van der Waals surface area contributed by atoms with Gasteiger partial charge in [0, 0.05) is 11.0 Å². The smallest absolute Gasteiger partial charge is 0.258 e. The summed E-state index contributed by atoms with van der Waals surface area (Å²) in [4.78, 5) is 16.2. The summed E-state index contributed by atoms with van der Waals surface area (Å²) in [7, 11) is 0. The fourth-order valence-corrected chi connectivity index (χ4v) is 2.15. The Morgan fingerprint density at radius 2 is 2.14 bits per heavy atom. The van der Waals surface area contributed by atoms with Crippen molar-refractivity contribution in [3.05, 3.63) is 47.0 Å². The Morgan fingerprint density at radius 3 is 2.90 bits per heavy atom. The standard InChI is InChI=1S/C12H11BrN8/c13-9-3-1-2-8(4-9)5-16-11-18-10(14)19-12(20-11)21-7-15-6-17-21/h1-4,6-7H,5H2,(H3,14,16,18,19,20). The molecule has 0 fully saturated rings. The fourth-order valence-electron chi connectivity index (χ4n) is 1.70. The van der Waals surface area contributed by atoms with Crippen molar-refractivity contribution in [2.45, 2.75) is 6.54 Å². The average Bonchev–Trinajstić information content (AvgIpc) is 2.99. The van der Waals surface area contributed by atoms with Gasteiger partial charge in [-0.15, -0.1) is 0 Å². The zero-order chi connectivity index (χ0) is 14.7. The third kappa shape index (κ3) is 3.31. The molecular formula is C12H11BrN8. The third-order valence-corrected chi connectivity index (χ3v) is 3.10. The molecule has 0 saturated carbocycles. The summed E-state index contributed by atoms with van der Waals surface area (Å²) in [5.41, 5.74) is 6.78. The molecule has 2 aromatic heterocycles. The molecule has 9 heteroatoms. The van der Waals surface area contributed by atoms with Gasteiger partial charge < -0.3 is 11.1 Å². The van der Waals surface area contributed by atoms with E-state index in [4.69, 9.17) is 5.73 Å².